The summed E-state index contributed by atoms with van der Waals surface area (Å²) in [7, 11) is 0. The Labute approximate surface area is 113 Å². The molecule has 1 atom stereocenters. The van der Waals surface area contributed by atoms with Crippen LogP contribution in [-0.4, -0.2) is 0 Å². The lowest BCUT2D eigenvalue weighted by Crippen LogP contribution is -2.14. The summed E-state index contributed by atoms with van der Waals surface area (Å²) in [6.45, 7) is 0. The molecule has 0 fully saturated rings. The summed E-state index contributed by atoms with van der Waals surface area (Å²) in [4.78, 5) is 0. The highest BCUT2D eigenvalue weighted by Gasteiger charge is 2.12. The van der Waals surface area contributed by atoms with E-state index in [4.69, 9.17) is 17.3 Å². The Morgan fingerprint density at radius 2 is 1.74 bits per heavy atom. The Bertz CT molecular complexity index is 601. The van der Waals surface area contributed by atoms with E-state index in [-0.39, 0.29) is 5.02 Å². The van der Waals surface area contributed by atoms with Crippen LogP contribution >= 0.6 is 11.6 Å². The van der Waals surface area contributed by atoms with E-state index in [9.17, 15) is 13.2 Å². The molecule has 0 heterocycles. The minimum atomic E-state index is -0.946. The lowest BCUT2D eigenvalue weighted by atomic mass is 9.99. The van der Waals surface area contributed by atoms with E-state index >= 15 is 0 Å². The first-order chi connectivity index (χ1) is 8.97. The number of rotatable bonds is 3. The molecule has 5 heteroatoms. The third kappa shape index (κ3) is 3.28. The van der Waals surface area contributed by atoms with Crippen LogP contribution in [0.4, 0.5) is 13.2 Å². The Morgan fingerprint density at radius 1 is 1.00 bits per heavy atom. The van der Waals surface area contributed by atoms with Crippen molar-refractivity contribution >= 4 is 11.6 Å². The van der Waals surface area contributed by atoms with Crippen LogP contribution in [0.5, 0.6) is 0 Å². The molecule has 0 aliphatic heterocycles. The van der Waals surface area contributed by atoms with Crippen molar-refractivity contribution in [1.29, 1.82) is 0 Å². The van der Waals surface area contributed by atoms with Gasteiger partial charge in [0.2, 0.25) is 0 Å². The molecular weight excluding hydrogens is 275 g/mol. The molecule has 0 radical (unpaired) electrons. The Kier molecular flexibility index (Phi) is 4.12. The predicted octanol–water partition coefficient (Wildman–Crippen LogP) is 4.00. The quantitative estimate of drug-likeness (QED) is 0.906. The number of hydrogen-bond donors (Lipinski definition) is 1. The molecule has 19 heavy (non-hydrogen) atoms. The first-order valence-corrected chi connectivity index (χ1v) is 5.99. The van der Waals surface area contributed by atoms with Gasteiger partial charge in [0.1, 0.15) is 5.82 Å². The maximum Gasteiger partial charge on any atom is 0.159 e. The fourth-order valence-corrected chi connectivity index (χ4v) is 2.03. The average molecular weight is 286 g/mol. The van der Waals surface area contributed by atoms with Crippen LogP contribution in [0.3, 0.4) is 0 Å². The van der Waals surface area contributed by atoms with E-state index in [0.717, 1.165) is 12.1 Å². The first kappa shape index (κ1) is 13.9. The molecule has 2 rings (SSSR count). The van der Waals surface area contributed by atoms with Crippen molar-refractivity contribution in [2.75, 3.05) is 0 Å². The molecule has 1 unspecified atom stereocenters. The SMILES string of the molecule is NC(Cc1ccc(F)cc1Cl)c1ccc(F)c(F)c1. The van der Waals surface area contributed by atoms with Crippen LogP contribution < -0.4 is 5.73 Å². The van der Waals surface area contributed by atoms with Crippen molar-refractivity contribution in [2.45, 2.75) is 12.5 Å². The van der Waals surface area contributed by atoms with E-state index in [1.165, 1.54) is 24.3 Å². The van der Waals surface area contributed by atoms with Gasteiger partial charge in [-0.15, -0.1) is 0 Å². The minimum absolute atomic E-state index is 0.262. The van der Waals surface area contributed by atoms with E-state index in [2.05, 4.69) is 0 Å². The zero-order valence-electron chi connectivity index (χ0n) is 9.84. The summed E-state index contributed by atoms with van der Waals surface area (Å²) < 4.78 is 38.8. The van der Waals surface area contributed by atoms with Crippen LogP contribution in [0.1, 0.15) is 17.2 Å². The molecule has 2 N–H and O–H groups in total. The molecule has 2 aromatic rings. The maximum absolute atomic E-state index is 13.1. The highest BCUT2D eigenvalue weighted by Crippen LogP contribution is 2.23. The molecule has 2 aromatic carbocycles. The van der Waals surface area contributed by atoms with Crippen molar-refractivity contribution in [3.05, 3.63) is 70.0 Å². The molecule has 0 saturated carbocycles. The fraction of sp³-hybridized carbons (Fsp3) is 0.143. The summed E-state index contributed by atoms with van der Waals surface area (Å²) >= 11 is 5.89. The van der Waals surface area contributed by atoms with Crippen molar-refractivity contribution in [2.24, 2.45) is 5.73 Å². The van der Waals surface area contributed by atoms with Crippen molar-refractivity contribution in [1.82, 2.24) is 0 Å². The highest BCUT2D eigenvalue weighted by atomic mass is 35.5. The molecule has 0 saturated heterocycles. The van der Waals surface area contributed by atoms with Crippen LogP contribution in [-0.2, 0) is 6.42 Å². The van der Waals surface area contributed by atoms with Gasteiger partial charge in [0.25, 0.3) is 0 Å². The molecule has 0 spiro atoms. The lowest BCUT2D eigenvalue weighted by Gasteiger charge is -2.13. The van der Waals surface area contributed by atoms with Crippen molar-refractivity contribution in [3.8, 4) is 0 Å². The van der Waals surface area contributed by atoms with Crippen molar-refractivity contribution < 1.29 is 13.2 Å². The largest absolute Gasteiger partial charge is 0.324 e. The molecule has 0 bridgehead atoms. The van der Waals surface area contributed by atoms with E-state index in [1.807, 2.05) is 0 Å². The maximum atomic E-state index is 13.1. The van der Waals surface area contributed by atoms with E-state index in [1.54, 1.807) is 0 Å². The monoisotopic (exact) mass is 285 g/mol. The zero-order valence-corrected chi connectivity index (χ0v) is 10.6. The molecule has 100 valence electrons. The summed E-state index contributed by atoms with van der Waals surface area (Å²) in [6.07, 6.45) is 0.310. The number of benzene rings is 2. The number of nitrogens with two attached hydrogens (primary N) is 1. The Balaban J connectivity index is 2.20. The second-order valence-electron chi connectivity index (χ2n) is 4.22. The third-order valence-corrected chi connectivity index (χ3v) is 3.18. The summed E-state index contributed by atoms with van der Waals surface area (Å²) in [5, 5.41) is 0.262. The van der Waals surface area contributed by atoms with Crippen molar-refractivity contribution in [3.63, 3.8) is 0 Å². The average Bonchev–Trinajstić information content (AvgIpc) is 2.36. The van der Waals surface area contributed by atoms with Crippen LogP contribution in [0.2, 0.25) is 5.02 Å². The fourth-order valence-electron chi connectivity index (χ4n) is 1.79. The van der Waals surface area contributed by atoms with Gasteiger partial charge in [-0.1, -0.05) is 23.7 Å². The minimum Gasteiger partial charge on any atom is -0.324 e. The molecule has 0 aliphatic rings. The molecule has 0 aliphatic carbocycles. The van der Waals surface area contributed by atoms with E-state index < -0.39 is 23.5 Å². The standard InChI is InChI=1S/C14H11ClF3N/c15-11-7-10(16)3-1-8(11)6-14(19)9-2-4-12(17)13(18)5-9/h1-5,7,14H,6,19H2. The van der Waals surface area contributed by atoms with E-state index in [0.29, 0.717) is 17.5 Å². The molecule has 1 nitrogen and oxygen atoms in total. The second-order valence-corrected chi connectivity index (χ2v) is 4.63. The smallest absolute Gasteiger partial charge is 0.159 e. The normalized spacial score (nSPS) is 12.5. The summed E-state index contributed by atoms with van der Waals surface area (Å²) in [5.74, 6) is -2.30. The topological polar surface area (TPSA) is 26.0 Å². The summed E-state index contributed by atoms with van der Waals surface area (Å²) in [6, 6.07) is 6.94. The highest BCUT2D eigenvalue weighted by molar-refractivity contribution is 6.31. The number of halogens is 4. The van der Waals surface area contributed by atoms with Crippen LogP contribution in [0.25, 0.3) is 0 Å². The van der Waals surface area contributed by atoms with Gasteiger partial charge >= 0.3 is 0 Å². The van der Waals surface area contributed by atoms with Gasteiger partial charge in [-0.05, 0) is 41.8 Å². The lowest BCUT2D eigenvalue weighted by molar-refractivity contribution is 0.505. The predicted molar refractivity (Wildman–Crippen MR) is 68.4 cm³/mol. The van der Waals surface area contributed by atoms with Gasteiger partial charge in [0.15, 0.2) is 11.6 Å². The molecule has 0 amide bonds. The Hall–Kier alpha value is -1.52. The third-order valence-electron chi connectivity index (χ3n) is 2.83. The van der Waals surface area contributed by atoms with Gasteiger partial charge in [0, 0.05) is 11.1 Å². The first-order valence-electron chi connectivity index (χ1n) is 5.62. The second kappa shape index (κ2) is 5.63. The number of hydrogen-bond acceptors (Lipinski definition) is 1. The molecule has 0 aromatic heterocycles. The van der Waals surface area contributed by atoms with Crippen LogP contribution in [0, 0.1) is 17.5 Å². The Morgan fingerprint density at radius 3 is 2.37 bits per heavy atom. The zero-order chi connectivity index (χ0) is 14.0. The van der Waals surface area contributed by atoms with Gasteiger partial charge in [-0.25, -0.2) is 13.2 Å². The van der Waals surface area contributed by atoms with Crippen LogP contribution in [0.15, 0.2) is 36.4 Å². The summed E-state index contributed by atoms with van der Waals surface area (Å²) in [5.41, 5.74) is 7.02. The molecular formula is C14H11ClF3N. The van der Waals surface area contributed by atoms with Gasteiger partial charge in [0.05, 0.1) is 0 Å². The van der Waals surface area contributed by atoms with Gasteiger partial charge < -0.3 is 5.73 Å². The van der Waals surface area contributed by atoms with Gasteiger partial charge in [-0.2, -0.15) is 0 Å². The van der Waals surface area contributed by atoms with Gasteiger partial charge in [-0.3, -0.25) is 0 Å².